The van der Waals surface area contributed by atoms with Crippen LogP contribution in [0.3, 0.4) is 0 Å². The molecule has 3 rings (SSSR count). The summed E-state index contributed by atoms with van der Waals surface area (Å²) in [7, 11) is 1.27. The van der Waals surface area contributed by atoms with Gasteiger partial charge in [-0.1, -0.05) is 40.2 Å². The second-order valence-corrected chi connectivity index (χ2v) is 6.60. The molecule has 2 aromatic rings. The number of phenols is 1. The van der Waals surface area contributed by atoms with Crippen molar-refractivity contribution in [2.24, 2.45) is 0 Å². The average molecular weight is 414 g/mol. The molecule has 1 N–H and O–H groups in total. The molecule has 0 unspecified atom stereocenters. The zero-order valence-electron chi connectivity index (χ0n) is 14.2. The van der Waals surface area contributed by atoms with Gasteiger partial charge < -0.3 is 9.84 Å². The topological polar surface area (TPSA) is 66.8 Å². The molecule has 1 aliphatic rings. The molecule has 2 aromatic carbocycles. The Balaban J connectivity index is 2.17. The third kappa shape index (κ3) is 3.15. The summed E-state index contributed by atoms with van der Waals surface area (Å²) in [5.74, 6) is -0.935. The van der Waals surface area contributed by atoms with E-state index in [2.05, 4.69) is 15.9 Å². The number of benzene rings is 2. The van der Waals surface area contributed by atoms with Gasteiger partial charge in [-0.3, -0.25) is 9.69 Å². The predicted octanol–water partition coefficient (Wildman–Crippen LogP) is 4.03. The molecule has 0 spiro atoms. The number of hydrogen-bond acceptors (Lipinski definition) is 4. The van der Waals surface area contributed by atoms with Crippen LogP contribution in [0.5, 0.6) is 5.75 Å². The monoisotopic (exact) mass is 413 g/mol. The summed E-state index contributed by atoms with van der Waals surface area (Å²) in [5, 5.41) is 10.0. The lowest BCUT2D eigenvalue weighted by atomic mass is 10.0. The van der Waals surface area contributed by atoms with E-state index in [0.717, 1.165) is 4.47 Å². The van der Waals surface area contributed by atoms with Crippen LogP contribution in [0.2, 0.25) is 0 Å². The highest BCUT2D eigenvalue weighted by Gasteiger charge is 2.38. The summed E-state index contributed by atoms with van der Waals surface area (Å²) < 4.78 is 5.68. The van der Waals surface area contributed by atoms with Crippen LogP contribution in [0, 0.1) is 0 Å². The van der Waals surface area contributed by atoms with Gasteiger partial charge in [0.1, 0.15) is 5.75 Å². The Morgan fingerprint density at radius 1 is 1.19 bits per heavy atom. The summed E-state index contributed by atoms with van der Waals surface area (Å²) in [6.45, 7) is 1.69. The van der Waals surface area contributed by atoms with Crippen molar-refractivity contribution in [2.75, 3.05) is 12.0 Å². The van der Waals surface area contributed by atoms with Crippen LogP contribution in [0.4, 0.5) is 5.69 Å². The minimum Gasteiger partial charge on any atom is -0.507 e. The van der Waals surface area contributed by atoms with Crippen molar-refractivity contribution < 1.29 is 19.4 Å². The number of esters is 1. The number of nitrogens with zero attached hydrogens (tertiary/aromatic N) is 1. The number of ether oxygens (including phenoxy) is 1. The molecule has 0 radical (unpaired) electrons. The van der Waals surface area contributed by atoms with E-state index in [0.29, 0.717) is 16.9 Å². The van der Waals surface area contributed by atoms with Gasteiger partial charge >= 0.3 is 5.97 Å². The van der Waals surface area contributed by atoms with Crippen molar-refractivity contribution in [3.63, 3.8) is 0 Å². The van der Waals surface area contributed by atoms with Crippen molar-refractivity contribution in [3.05, 3.63) is 75.4 Å². The van der Waals surface area contributed by atoms with E-state index in [9.17, 15) is 14.7 Å². The summed E-state index contributed by atoms with van der Waals surface area (Å²) in [6, 6.07) is 13.8. The summed E-state index contributed by atoms with van der Waals surface area (Å²) in [5.41, 5.74) is 1.91. The molecule has 1 amide bonds. The van der Waals surface area contributed by atoms with Crippen LogP contribution in [0.25, 0.3) is 6.08 Å². The Labute approximate surface area is 159 Å². The van der Waals surface area contributed by atoms with E-state index >= 15 is 0 Å². The molecule has 1 heterocycles. The van der Waals surface area contributed by atoms with Gasteiger partial charge in [0, 0.05) is 15.7 Å². The van der Waals surface area contributed by atoms with Crippen LogP contribution in [0.15, 0.2) is 69.8 Å². The molecule has 0 aromatic heterocycles. The Hall–Kier alpha value is -2.86. The molecule has 0 saturated carbocycles. The third-order valence-corrected chi connectivity index (χ3v) is 4.59. The van der Waals surface area contributed by atoms with Gasteiger partial charge in [-0.2, -0.15) is 0 Å². The number of phenolic OH excluding ortho intramolecular Hbond substituents is 1. The first-order valence-corrected chi connectivity index (χ1v) is 8.62. The highest BCUT2D eigenvalue weighted by Crippen LogP contribution is 2.36. The van der Waals surface area contributed by atoms with Crippen LogP contribution in [0.1, 0.15) is 12.5 Å². The highest BCUT2D eigenvalue weighted by atomic mass is 79.9. The number of para-hydroxylation sites is 1. The molecule has 1 aliphatic heterocycles. The normalized spacial score (nSPS) is 15.7. The van der Waals surface area contributed by atoms with Crippen LogP contribution in [-0.4, -0.2) is 24.1 Å². The average Bonchev–Trinajstić information content (AvgIpc) is 2.86. The quantitative estimate of drug-likeness (QED) is 0.609. The molecule has 132 valence electrons. The van der Waals surface area contributed by atoms with Gasteiger partial charge in [0.05, 0.1) is 23.9 Å². The zero-order valence-corrected chi connectivity index (χ0v) is 15.8. The standard InChI is InChI=1S/C20H16BrNO4/c1-12-18(20(25)26-2)16(10-13-6-3-4-9-17(13)23)19(24)22(12)15-8-5-7-14(21)11-15/h3-11,23H,1-2H3. The number of rotatable bonds is 3. The lowest BCUT2D eigenvalue weighted by molar-refractivity contribution is -0.136. The number of halogens is 1. The van der Waals surface area contributed by atoms with Crippen LogP contribution < -0.4 is 4.90 Å². The van der Waals surface area contributed by atoms with Crippen molar-refractivity contribution in [3.8, 4) is 5.75 Å². The Morgan fingerprint density at radius 2 is 1.92 bits per heavy atom. The van der Waals surface area contributed by atoms with Crippen LogP contribution in [-0.2, 0) is 14.3 Å². The maximum Gasteiger partial charge on any atom is 0.340 e. The minimum atomic E-state index is -0.602. The molecule has 6 heteroatoms. The second kappa shape index (κ2) is 7.17. The number of carbonyl (C=O) groups excluding carboxylic acids is 2. The van der Waals surface area contributed by atoms with Gasteiger partial charge in [-0.25, -0.2) is 4.79 Å². The molecule has 26 heavy (non-hydrogen) atoms. The minimum absolute atomic E-state index is 0.0237. The number of methoxy groups -OCH3 is 1. The molecule has 0 aliphatic carbocycles. The highest BCUT2D eigenvalue weighted by molar-refractivity contribution is 9.10. The molecular formula is C20H16BrNO4. The largest absolute Gasteiger partial charge is 0.507 e. The number of carbonyl (C=O) groups is 2. The van der Waals surface area contributed by atoms with Crippen molar-refractivity contribution in [1.29, 1.82) is 0 Å². The molecule has 5 nitrogen and oxygen atoms in total. The first kappa shape index (κ1) is 17.9. The Kier molecular flexibility index (Phi) is 4.95. The smallest absolute Gasteiger partial charge is 0.340 e. The first-order chi connectivity index (χ1) is 12.4. The fraction of sp³-hybridized carbons (Fsp3) is 0.100. The van der Waals surface area contributed by atoms with E-state index in [4.69, 9.17) is 4.74 Å². The summed E-state index contributed by atoms with van der Waals surface area (Å²) in [6.07, 6.45) is 1.51. The van der Waals surface area contributed by atoms with Crippen molar-refractivity contribution >= 4 is 39.6 Å². The van der Waals surface area contributed by atoms with Crippen LogP contribution >= 0.6 is 15.9 Å². The number of anilines is 1. The summed E-state index contributed by atoms with van der Waals surface area (Å²) >= 11 is 3.39. The zero-order chi connectivity index (χ0) is 18.8. The maximum absolute atomic E-state index is 13.1. The van der Waals surface area contributed by atoms with E-state index in [1.165, 1.54) is 24.2 Å². The lowest BCUT2D eigenvalue weighted by Gasteiger charge is -2.18. The van der Waals surface area contributed by atoms with E-state index in [1.807, 2.05) is 12.1 Å². The number of hydrogen-bond donors (Lipinski definition) is 1. The van der Waals surface area contributed by atoms with Crippen molar-refractivity contribution in [1.82, 2.24) is 0 Å². The fourth-order valence-electron chi connectivity index (χ4n) is 2.87. The molecule has 0 atom stereocenters. The fourth-order valence-corrected chi connectivity index (χ4v) is 3.26. The van der Waals surface area contributed by atoms with Gasteiger partial charge in [0.2, 0.25) is 0 Å². The van der Waals surface area contributed by atoms with E-state index < -0.39 is 5.97 Å². The molecule has 0 fully saturated rings. The molecule has 0 bridgehead atoms. The first-order valence-electron chi connectivity index (χ1n) is 7.83. The predicted molar refractivity (Wildman–Crippen MR) is 102 cm³/mol. The Bertz CT molecular complexity index is 962. The number of aromatic hydroxyl groups is 1. The van der Waals surface area contributed by atoms with Gasteiger partial charge in [-0.15, -0.1) is 0 Å². The van der Waals surface area contributed by atoms with Crippen molar-refractivity contribution in [2.45, 2.75) is 6.92 Å². The van der Waals surface area contributed by atoms with E-state index in [1.54, 1.807) is 37.3 Å². The maximum atomic E-state index is 13.1. The second-order valence-electron chi connectivity index (χ2n) is 5.69. The Morgan fingerprint density at radius 3 is 2.58 bits per heavy atom. The molecular weight excluding hydrogens is 398 g/mol. The van der Waals surface area contributed by atoms with E-state index in [-0.39, 0.29) is 22.8 Å². The summed E-state index contributed by atoms with van der Waals surface area (Å²) in [4.78, 5) is 26.9. The number of amides is 1. The lowest BCUT2D eigenvalue weighted by Crippen LogP contribution is -2.24. The van der Waals surface area contributed by atoms with Gasteiger partial charge in [0.15, 0.2) is 0 Å². The molecule has 0 saturated heterocycles. The van der Waals surface area contributed by atoms with Gasteiger partial charge in [0.25, 0.3) is 5.91 Å². The van der Waals surface area contributed by atoms with Gasteiger partial charge in [-0.05, 0) is 37.3 Å². The third-order valence-electron chi connectivity index (χ3n) is 4.09. The SMILES string of the molecule is COC(=O)C1=C(C)N(c2cccc(Br)c2)C(=O)C1=Cc1ccccc1O. The number of allylic oxidation sites excluding steroid dienone is 1.